The minimum absolute atomic E-state index is 0. The van der Waals surface area contributed by atoms with Gasteiger partial charge in [-0.2, -0.15) is 0 Å². The van der Waals surface area contributed by atoms with Gasteiger partial charge in [0, 0.05) is 12.3 Å². The van der Waals surface area contributed by atoms with E-state index in [0.29, 0.717) is 24.2 Å². The molecule has 6 heteroatoms. The number of aliphatic hydroxyl groups excluding tert-OH is 1. The van der Waals surface area contributed by atoms with Crippen molar-refractivity contribution in [2.45, 2.75) is 84.5 Å². The van der Waals surface area contributed by atoms with E-state index < -0.39 is 6.10 Å². The van der Waals surface area contributed by atoms with Crippen LogP contribution in [0.15, 0.2) is 23.8 Å². The van der Waals surface area contributed by atoms with E-state index in [-0.39, 0.29) is 59.4 Å². The number of aliphatic hydroxyl groups is 1. The van der Waals surface area contributed by atoms with Crippen molar-refractivity contribution >= 4 is 28.9 Å². The molecular weight excluding hydrogens is 448 g/mol. The largest absolute Gasteiger partial charge is 0.462 e. The number of hydrogen-bond donors (Lipinski definition) is 1. The first kappa shape index (κ1) is 25.1. The Hall–Kier alpha value is -1.14. The lowest BCUT2D eigenvalue weighted by atomic mass is 9.65. The lowest BCUT2D eigenvalue weighted by molar-refractivity contribution is -0.162. The molecular formula is C24H37BrO5. The Balaban J connectivity index is 0.00000320. The Morgan fingerprint density at radius 3 is 2.70 bits per heavy atom. The second-order valence-corrected chi connectivity index (χ2v) is 9.36. The van der Waals surface area contributed by atoms with E-state index in [1.807, 2.05) is 13.8 Å². The van der Waals surface area contributed by atoms with Crippen molar-refractivity contribution in [3.05, 3.63) is 23.8 Å². The summed E-state index contributed by atoms with van der Waals surface area (Å²) >= 11 is 0. The molecule has 1 heterocycles. The molecule has 1 N–H and O–H groups in total. The number of allylic oxidation sites excluding steroid dienone is 3. The fourth-order valence-electron chi connectivity index (χ4n) is 5.07. The van der Waals surface area contributed by atoms with Crippen LogP contribution in [-0.2, 0) is 19.1 Å². The smallest absolute Gasteiger partial charge is 0.308 e. The second-order valence-electron chi connectivity index (χ2n) is 9.36. The van der Waals surface area contributed by atoms with Crippen molar-refractivity contribution in [3.8, 4) is 0 Å². The summed E-state index contributed by atoms with van der Waals surface area (Å²) in [5, 5.41) is 9.89. The molecule has 8 atom stereocenters. The molecule has 2 aliphatic carbocycles. The number of hydrogen-bond acceptors (Lipinski definition) is 5. The van der Waals surface area contributed by atoms with Crippen molar-refractivity contribution in [2.24, 2.45) is 29.6 Å². The average Bonchev–Trinajstić information content (AvgIpc) is 2.65. The summed E-state index contributed by atoms with van der Waals surface area (Å²) in [4.78, 5) is 24.2. The van der Waals surface area contributed by atoms with Gasteiger partial charge in [0.2, 0.25) is 0 Å². The molecule has 170 valence electrons. The van der Waals surface area contributed by atoms with Crippen LogP contribution in [0.3, 0.4) is 0 Å². The first-order valence-electron chi connectivity index (χ1n) is 11.3. The fourth-order valence-corrected chi connectivity index (χ4v) is 5.07. The van der Waals surface area contributed by atoms with Crippen LogP contribution >= 0.6 is 17.0 Å². The number of halogens is 1. The summed E-state index contributed by atoms with van der Waals surface area (Å²) in [5.41, 5.74) is 1.27. The third kappa shape index (κ3) is 5.97. The van der Waals surface area contributed by atoms with E-state index in [1.165, 1.54) is 5.57 Å². The standard InChI is InChI=1S/C24H36O5.BrH/c1-5-15(3)24(27)29-21-11-14(2)10-17-7-6-16(4)20(23(17)21)9-8-19-12-18(25)13-22(26)28-19;/h6-7,10,14-16,18-21,23,25H,5,8-9,11-13H2,1-4H3;1H/t14-,15-,16-,18+,19+,20-,21-,23-;/m0./s1. The van der Waals surface area contributed by atoms with Crippen LogP contribution in [0.25, 0.3) is 0 Å². The van der Waals surface area contributed by atoms with E-state index in [2.05, 4.69) is 32.1 Å². The van der Waals surface area contributed by atoms with Crippen LogP contribution in [0.1, 0.15) is 66.2 Å². The highest BCUT2D eigenvalue weighted by Crippen LogP contribution is 2.45. The predicted octanol–water partition coefficient (Wildman–Crippen LogP) is 4.77. The van der Waals surface area contributed by atoms with Crippen molar-refractivity contribution in [1.82, 2.24) is 0 Å². The van der Waals surface area contributed by atoms with Gasteiger partial charge in [0.1, 0.15) is 12.2 Å². The van der Waals surface area contributed by atoms with Crippen molar-refractivity contribution < 1.29 is 24.2 Å². The topological polar surface area (TPSA) is 72.8 Å². The molecule has 0 amide bonds. The van der Waals surface area contributed by atoms with Crippen LogP contribution in [0.2, 0.25) is 0 Å². The molecule has 0 bridgehead atoms. The van der Waals surface area contributed by atoms with Gasteiger partial charge in [-0.05, 0) is 49.0 Å². The average molecular weight is 485 g/mol. The first-order valence-corrected chi connectivity index (χ1v) is 11.3. The Bertz CT molecular complexity index is 673. The van der Waals surface area contributed by atoms with Gasteiger partial charge >= 0.3 is 11.9 Å². The van der Waals surface area contributed by atoms with Crippen LogP contribution in [0, 0.1) is 29.6 Å². The highest BCUT2D eigenvalue weighted by Gasteiger charge is 2.42. The highest BCUT2D eigenvalue weighted by molar-refractivity contribution is 8.93. The molecule has 0 aromatic heterocycles. The monoisotopic (exact) mass is 484 g/mol. The van der Waals surface area contributed by atoms with Gasteiger partial charge in [0.15, 0.2) is 0 Å². The number of carbonyl (C=O) groups is 2. The van der Waals surface area contributed by atoms with E-state index in [4.69, 9.17) is 9.47 Å². The highest BCUT2D eigenvalue weighted by atomic mass is 79.9. The van der Waals surface area contributed by atoms with Gasteiger partial charge in [0.25, 0.3) is 0 Å². The zero-order chi connectivity index (χ0) is 21.1. The van der Waals surface area contributed by atoms with Crippen molar-refractivity contribution in [1.29, 1.82) is 0 Å². The van der Waals surface area contributed by atoms with Crippen molar-refractivity contribution in [2.75, 3.05) is 0 Å². The molecule has 0 aromatic rings. The summed E-state index contributed by atoms with van der Waals surface area (Å²) in [6.07, 6.45) is 9.70. The molecule has 5 nitrogen and oxygen atoms in total. The Morgan fingerprint density at radius 1 is 1.30 bits per heavy atom. The number of esters is 2. The van der Waals surface area contributed by atoms with Gasteiger partial charge in [-0.1, -0.05) is 45.9 Å². The van der Waals surface area contributed by atoms with E-state index >= 15 is 0 Å². The van der Waals surface area contributed by atoms with Gasteiger partial charge in [-0.15, -0.1) is 17.0 Å². The van der Waals surface area contributed by atoms with Gasteiger partial charge in [-0.25, -0.2) is 0 Å². The summed E-state index contributed by atoms with van der Waals surface area (Å²) in [7, 11) is 0. The van der Waals surface area contributed by atoms with Gasteiger partial charge in [0.05, 0.1) is 18.4 Å². The fraction of sp³-hybridized carbons (Fsp3) is 0.750. The molecule has 0 radical (unpaired) electrons. The maximum atomic E-state index is 12.5. The SMILES string of the molecule is Br.CC[C@H](C)C(=O)O[C@H]1C[C@@H](C)C=C2C=C[C@H](C)[C@H](CC[C@@H]3C[C@@H](O)CC(=O)O3)[C@H]21. The number of fused-ring (bicyclic) bond motifs is 1. The zero-order valence-corrected chi connectivity index (χ0v) is 20.3. The number of cyclic esters (lactones) is 1. The Labute approximate surface area is 191 Å². The molecule has 1 fully saturated rings. The molecule has 0 unspecified atom stereocenters. The molecule has 30 heavy (non-hydrogen) atoms. The molecule has 1 saturated heterocycles. The van der Waals surface area contributed by atoms with Crippen LogP contribution < -0.4 is 0 Å². The van der Waals surface area contributed by atoms with E-state index in [9.17, 15) is 14.7 Å². The predicted molar refractivity (Wildman–Crippen MR) is 121 cm³/mol. The molecule has 3 rings (SSSR count). The Morgan fingerprint density at radius 2 is 2.03 bits per heavy atom. The number of ether oxygens (including phenoxy) is 2. The molecule has 3 aliphatic rings. The summed E-state index contributed by atoms with van der Waals surface area (Å²) in [6.45, 7) is 8.33. The maximum absolute atomic E-state index is 12.5. The number of rotatable bonds is 6. The normalized spacial score (nSPS) is 36.6. The summed E-state index contributed by atoms with van der Waals surface area (Å²) < 4.78 is 11.5. The van der Waals surface area contributed by atoms with Gasteiger partial charge < -0.3 is 14.6 Å². The number of carbonyl (C=O) groups excluding carboxylic acids is 2. The Kier molecular flexibility index (Phi) is 9.16. The maximum Gasteiger partial charge on any atom is 0.308 e. The van der Waals surface area contributed by atoms with Crippen LogP contribution in [0.5, 0.6) is 0 Å². The quantitative estimate of drug-likeness (QED) is 0.549. The first-order chi connectivity index (χ1) is 13.8. The molecule has 0 spiro atoms. The van der Waals surface area contributed by atoms with Crippen LogP contribution in [-0.4, -0.2) is 35.4 Å². The molecule has 0 aromatic carbocycles. The molecule has 0 saturated carbocycles. The van der Waals surface area contributed by atoms with Gasteiger partial charge in [-0.3, -0.25) is 9.59 Å². The molecule has 1 aliphatic heterocycles. The van der Waals surface area contributed by atoms with E-state index in [0.717, 1.165) is 25.7 Å². The lowest BCUT2D eigenvalue weighted by Crippen LogP contribution is -2.42. The summed E-state index contributed by atoms with van der Waals surface area (Å²) in [6, 6.07) is 0. The zero-order valence-electron chi connectivity index (χ0n) is 18.6. The lowest BCUT2D eigenvalue weighted by Gasteiger charge is -2.43. The minimum atomic E-state index is -0.597. The minimum Gasteiger partial charge on any atom is -0.462 e. The van der Waals surface area contributed by atoms with E-state index in [1.54, 1.807) is 0 Å². The summed E-state index contributed by atoms with van der Waals surface area (Å²) in [5.74, 6) is 0.755. The third-order valence-corrected chi connectivity index (χ3v) is 6.93. The third-order valence-electron chi connectivity index (χ3n) is 6.93. The second kappa shape index (κ2) is 10.9. The van der Waals surface area contributed by atoms with Crippen molar-refractivity contribution in [3.63, 3.8) is 0 Å². The van der Waals surface area contributed by atoms with Crippen LogP contribution in [0.4, 0.5) is 0 Å².